The van der Waals surface area contributed by atoms with E-state index in [1.165, 1.54) is 43.7 Å². The van der Waals surface area contributed by atoms with Crippen LogP contribution in [-0.2, 0) is 9.59 Å². The van der Waals surface area contributed by atoms with Crippen molar-refractivity contribution in [3.8, 4) is 0 Å². The average molecular weight is 430 g/mol. The van der Waals surface area contributed by atoms with Gasteiger partial charge in [0.2, 0.25) is 11.8 Å². The van der Waals surface area contributed by atoms with E-state index < -0.39 is 0 Å². The van der Waals surface area contributed by atoms with Crippen molar-refractivity contribution in [2.24, 2.45) is 34.6 Å². The quantitative estimate of drug-likeness (QED) is 0.280. The van der Waals surface area contributed by atoms with Crippen molar-refractivity contribution < 1.29 is 9.59 Å². The molecule has 2 amide bonds. The third kappa shape index (κ3) is 4.52. The molecule has 2 aliphatic carbocycles. The highest BCUT2D eigenvalue weighted by Crippen LogP contribution is 2.52. The zero-order valence-corrected chi connectivity index (χ0v) is 19.3. The van der Waals surface area contributed by atoms with Crippen molar-refractivity contribution in [1.82, 2.24) is 20.4 Å². The lowest BCUT2D eigenvalue weighted by Gasteiger charge is -2.34. The Bertz CT molecular complexity index is 695. The molecule has 2 bridgehead atoms. The monoisotopic (exact) mass is 429 g/mol. The molecule has 31 heavy (non-hydrogen) atoms. The number of fused-ring (bicyclic) bond motifs is 5. The minimum Gasteiger partial charge on any atom is -0.355 e. The Morgan fingerprint density at radius 3 is 2.19 bits per heavy atom. The fourth-order valence-electron chi connectivity index (χ4n) is 6.11. The first-order valence-corrected chi connectivity index (χ1v) is 12.2. The van der Waals surface area contributed by atoms with Gasteiger partial charge in [-0.1, -0.05) is 38.8 Å². The number of guanidine groups is 1. The first kappa shape index (κ1) is 22.3. The van der Waals surface area contributed by atoms with E-state index in [9.17, 15) is 9.59 Å². The summed E-state index contributed by atoms with van der Waals surface area (Å²) in [5.74, 6) is 1.67. The molecule has 0 aromatic carbocycles. The maximum Gasteiger partial charge on any atom is 0.233 e. The molecule has 0 aromatic heterocycles. The summed E-state index contributed by atoms with van der Waals surface area (Å²) in [7, 11) is 1.77. The van der Waals surface area contributed by atoms with Crippen LogP contribution in [0.25, 0.3) is 0 Å². The van der Waals surface area contributed by atoms with Crippen molar-refractivity contribution >= 4 is 17.8 Å². The summed E-state index contributed by atoms with van der Waals surface area (Å²) in [4.78, 5) is 34.1. The largest absolute Gasteiger partial charge is 0.355 e. The summed E-state index contributed by atoms with van der Waals surface area (Å²) >= 11 is 0. The number of rotatable bonds is 7. The van der Waals surface area contributed by atoms with Gasteiger partial charge in [0.15, 0.2) is 5.96 Å². The van der Waals surface area contributed by atoms with Crippen molar-refractivity contribution in [1.29, 1.82) is 0 Å². The molecule has 4 aliphatic rings. The predicted octanol–water partition coefficient (Wildman–Crippen LogP) is 1.86. The van der Waals surface area contributed by atoms with Gasteiger partial charge >= 0.3 is 0 Å². The van der Waals surface area contributed by atoms with Gasteiger partial charge < -0.3 is 10.6 Å². The molecule has 0 spiro atoms. The van der Waals surface area contributed by atoms with Gasteiger partial charge in [-0.3, -0.25) is 24.4 Å². The van der Waals surface area contributed by atoms with Crippen molar-refractivity contribution in [2.45, 2.75) is 52.0 Å². The van der Waals surface area contributed by atoms with E-state index in [1.54, 1.807) is 7.05 Å². The Morgan fingerprint density at radius 2 is 1.65 bits per heavy atom. The number of nitrogens with one attached hydrogen (secondary N) is 2. The topological polar surface area (TPSA) is 77.0 Å². The van der Waals surface area contributed by atoms with E-state index in [0.29, 0.717) is 25.0 Å². The van der Waals surface area contributed by atoms with Crippen molar-refractivity contribution in [2.75, 3.05) is 39.8 Å². The molecule has 0 aromatic rings. The van der Waals surface area contributed by atoms with E-state index in [4.69, 9.17) is 0 Å². The molecule has 4 rings (SSSR count). The van der Waals surface area contributed by atoms with Gasteiger partial charge in [-0.15, -0.1) is 0 Å². The molecule has 2 saturated heterocycles. The van der Waals surface area contributed by atoms with Gasteiger partial charge in [-0.2, -0.15) is 0 Å². The van der Waals surface area contributed by atoms with Crippen molar-refractivity contribution in [3.05, 3.63) is 12.2 Å². The highest BCUT2D eigenvalue weighted by molar-refractivity contribution is 6.06. The molecule has 2 heterocycles. The lowest BCUT2D eigenvalue weighted by Crippen LogP contribution is -2.50. The van der Waals surface area contributed by atoms with Crippen LogP contribution < -0.4 is 10.6 Å². The standard InChI is InChI=1S/C24H39N5O2/c1-16(2)19(28-11-6-4-5-7-12-28)15-27-24(25-3)26-10-13-29-22(30)20-17-8-9-18(14-17)21(20)23(29)31/h8-9,16-21H,4-7,10-15H2,1-3H3,(H2,25,26,27). The van der Waals surface area contributed by atoms with Crippen LogP contribution in [0.5, 0.6) is 0 Å². The summed E-state index contributed by atoms with van der Waals surface area (Å²) in [6.45, 7) is 8.70. The molecule has 5 atom stereocenters. The predicted molar refractivity (Wildman–Crippen MR) is 122 cm³/mol. The molecular weight excluding hydrogens is 390 g/mol. The Hall–Kier alpha value is -1.89. The van der Waals surface area contributed by atoms with Crippen LogP contribution in [0.4, 0.5) is 0 Å². The van der Waals surface area contributed by atoms with Crippen LogP contribution in [0.2, 0.25) is 0 Å². The maximum atomic E-state index is 12.8. The van der Waals surface area contributed by atoms with Crippen molar-refractivity contribution in [3.63, 3.8) is 0 Å². The molecule has 7 heteroatoms. The number of amides is 2. The zero-order chi connectivity index (χ0) is 22.0. The first-order valence-electron chi connectivity index (χ1n) is 12.2. The van der Waals surface area contributed by atoms with Gasteiger partial charge in [-0.05, 0) is 50.1 Å². The second kappa shape index (κ2) is 9.72. The summed E-state index contributed by atoms with van der Waals surface area (Å²) in [6.07, 6.45) is 10.5. The highest BCUT2D eigenvalue weighted by atomic mass is 16.2. The zero-order valence-electron chi connectivity index (χ0n) is 19.3. The lowest BCUT2D eigenvalue weighted by atomic mass is 9.85. The van der Waals surface area contributed by atoms with Crippen LogP contribution in [-0.4, -0.2) is 73.4 Å². The normalized spacial score (nSPS) is 32.0. The maximum absolute atomic E-state index is 12.8. The number of imide groups is 1. The summed E-state index contributed by atoms with van der Waals surface area (Å²) in [5, 5.41) is 6.79. The van der Waals surface area contributed by atoms with Crippen LogP contribution in [0.3, 0.4) is 0 Å². The number of hydrogen-bond acceptors (Lipinski definition) is 4. The Labute approximate surface area is 186 Å². The minimum absolute atomic E-state index is 0.0256. The molecule has 0 radical (unpaired) electrons. The van der Waals surface area contributed by atoms with E-state index in [0.717, 1.165) is 18.9 Å². The van der Waals surface area contributed by atoms with E-state index in [2.05, 4.69) is 46.5 Å². The van der Waals surface area contributed by atoms with E-state index >= 15 is 0 Å². The SMILES string of the molecule is CN=C(NCCN1C(=O)C2C3C=CC(C3)C2C1=O)NCC(C(C)C)N1CCCCCC1. The number of likely N-dealkylation sites (tertiary alicyclic amines) is 2. The van der Waals surface area contributed by atoms with Crippen LogP contribution in [0, 0.1) is 29.6 Å². The summed E-state index contributed by atoms with van der Waals surface area (Å²) < 4.78 is 0. The Kier molecular flexibility index (Phi) is 6.99. The number of aliphatic imine (C=N–C) groups is 1. The second-order valence-electron chi connectivity index (χ2n) is 9.97. The Morgan fingerprint density at radius 1 is 1.03 bits per heavy atom. The number of nitrogens with zero attached hydrogens (tertiary/aromatic N) is 3. The lowest BCUT2D eigenvalue weighted by molar-refractivity contribution is -0.140. The van der Waals surface area contributed by atoms with Crippen LogP contribution in [0.1, 0.15) is 46.0 Å². The fraction of sp³-hybridized carbons (Fsp3) is 0.792. The van der Waals surface area contributed by atoms with Gasteiger partial charge in [0.25, 0.3) is 0 Å². The van der Waals surface area contributed by atoms with Crippen LogP contribution in [0.15, 0.2) is 17.1 Å². The van der Waals surface area contributed by atoms with Gasteiger partial charge in [0.1, 0.15) is 0 Å². The van der Waals surface area contributed by atoms with E-state index in [1.807, 2.05) is 0 Å². The molecule has 7 nitrogen and oxygen atoms in total. The smallest absolute Gasteiger partial charge is 0.233 e. The third-order valence-corrected chi connectivity index (χ3v) is 7.77. The van der Waals surface area contributed by atoms with Gasteiger partial charge in [-0.25, -0.2) is 0 Å². The van der Waals surface area contributed by atoms with Gasteiger partial charge in [0, 0.05) is 32.7 Å². The number of carbonyl (C=O) groups excluding carboxylic acids is 2. The Balaban J connectivity index is 1.25. The third-order valence-electron chi connectivity index (χ3n) is 7.77. The molecule has 3 fully saturated rings. The molecule has 172 valence electrons. The number of hydrogen-bond donors (Lipinski definition) is 2. The average Bonchev–Trinajstić information content (AvgIpc) is 3.35. The second-order valence-corrected chi connectivity index (χ2v) is 9.97. The number of allylic oxidation sites excluding steroid dienone is 2. The molecular formula is C24H39N5O2. The number of carbonyl (C=O) groups is 2. The summed E-state index contributed by atoms with van der Waals surface area (Å²) in [5.41, 5.74) is 0. The molecule has 2 N–H and O–H groups in total. The molecule has 2 aliphatic heterocycles. The van der Waals surface area contributed by atoms with E-state index in [-0.39, 0.29) is 35.5 Å². The molecule has 5 unspecified atom stereocenters. The first-order chi connectivity index (χ1) is 15.0. The van der Waals surface area contributed by atoms with Crippen LogP contribution >= 0.6 is 0 Å². The molecule has 1 saturated carbocycles. The highest BCUT2D eigenvalue weighted by Gasteiger charge is 2.58. The summed E-state index contributed by atoms with van der Waals surface area (Å²) in [6, 6.07) is 0.473. The van der Waals surface area contributed by atoms with Gasteiger partial charge in [0.05, 0.1) is 11.8 Å². The fourth-order valence-corrected chi connectivity index (χ4v) is 6.11. The minimum atomic E-state index is -0.111.